The van der Waals surface area contributed by atoms with Crippen LogP contribution in [-0.4, -0.2) is 27.8 Å². The lowest BCUT2D eigenvalue weighted by Gasteiger charge is -2.12. The molecule has 0 unspecified atom stereocenters. The van der Waals surface area contributed by atoms with Crippen LogP contribution in [0.5, 0.6) is 0 Å². The maximum atomic E-state index is 12.3. The molecule has 3 aromatic rings. The smallest absolute Gasteiger partial charge is 0.319 e. The van der Waals surface area contributed by atoms with E-state index in [0.29, 0.717) is 6.61 Å². The Hall–Kier alpha value is -1.92. The van der Waals surface area contributed by atoms with Crippen molar-refractivity contribution >= 4 is 39.3 Å². The van der Waals surface area contributed by atoms with Crippen molar-refractivity contribution in [3.8, 4) is 11.1 Å². The van der Waals surface area contributed by atoms with Crippen LogP contribution in [0.1, 0.15) is 44.2 Å². The van der Waals surface area contributed by atoms with Crippen molar-refractivity contribution < 1.29 is 9.53 Å². The van der Waals surface area contributed by atoms with Crippen LogP contribution in [0, 0.1) is 13.8 Å². The molecular formula is C22H26N2O2S2. The lowest BCUT2D eigenvalue weighted by molar-refractivity contribution is -0.142. The monoisotopic (exact) mass is 414 g/mol. The molecule has 0 spiro atoms. The average Bonchev–Trinajstić information content (AvgIpc) is 3.12. The van der Waals surface area contributed by atoms with Crippen molar-refractivity contribution in [3.63, 3.8) is 0 Å². The minimum absolute atomic E-state index is 0.184. The number of benzene rings is 1. The number of nitrogens with zero attached hydrogens (tertiary/aromatic N) is 2. The Bertz CT molecular complexity index is 968. The van der Waals surface area contributed by atoms with Crippen molar-refractivity contribution in [2.24, 2.45) is 0 Å². The van der Waals surface area contributed by atoms with Gasteiger partial charge in [-0.05, 0) is 43.9 Å². The number of aromatic nitrogens is 2. The fraction of sp³-hybridized carbons (Fsp3) is 0.409. The molecule has 0 amide bonds. The van der Waals surface area contributed by atoms with Gasteiger partial charge in [-0.25, -0.2) is 9.97 Å². The van der Waals surface area contributed by atoms with Crippen molar-refractivity contribution in [3.05, 3.63) is 41.0 Å². The van der Waals surface area contributed by atoms with Gasteiger partial charge in [-0.15, -0.1) is 11.3 Å². The standard InChI is InChI=1S/C22H26N2O2S2/c1-5-6-7-10-26-22(25)16(4)28-21-19-18(12-27-20(19)23-13-24-21)17-9-8-14(2)15(3)11-17/h8-9,11-13,16H,5-7,10H2,1-4H3/t16-/m0/s1. The molecule has 0 saturated carbocycles. The minimum atomic E-state index is -0.313. The van der Waals surface area contributed by atoms with Gasteiger partial charge in [-0.1, -0.05) is 49.7 Å². The van der Waals surface area contributed by atoms with Crippen LogP contribution >= 0.6 is 23.1 Å². The van der Waals surface area contributed by atoms with E-state index in [0.717, 1.165) is 45.6 Å². The van der Waals surface area contributed by atoms with Crippen LogP contribution in [0.3, 0.4) is 0 Å². The summed E-state index contributed by atoms with van der Waals surface area (Å²) >= 11 is 3.05. The van der Waals surface area contributed by atoms with Gasteiger partial charge in [0.1, 0.15) is 21.4 Å². The molecule has 2 heterocycles. The molecule has 28 heavy (non-hydrogen) atoms. The number of unbranched alkanes of at least 4 members (excludes halogenated alkanes) is 2. The lowest BCUT2D eigenvalue weighted by atomic mass is 10.0. The number of hydrogen-bond donors (Lipinski definition) is 0. The summed E-state index contributed by atoms with van der Waals surface area (Å²) in [6.07, 6.45) is 4.68. The Balaban J connectivity index is 1.84. The molecule has 0 N–H and O–H groups in total. The van der Waals surface area contributed by atoms with Gasteiger partial charge in [-0.3, -0.25) is 4.79 Å². The van der Waals surface area contributed by atoms with Crippen molar-refractivity contribution in [2.75, 3.05) is 6.61 Å². The maximum Gasteiger partial charge on any atom is 0.319 e. The molecule has 3 rings (SSSR count). The number of carbonyl (C=O) groups is 1. The Morgan fingerprint density at radius 3 is 2.79 bits per heavy atom. The SMILES string of the molecule is CCCCCOC(=O)[C@H](C)Sc1ncnc2scc(-c3ccc(C)c(C)c3)c12. The highest BCUT2D eigenvalue weighted by atomic mass is 32.2. The lowest BCUT2D eigenvalue weighted by Crippen LogP contribution is -2.17. The molecule has 0 aliphatic carbocycles. The summed E-state index contributed by atoms with van der Waals surface area (Å²) in [5, 5.41) is 3.66. The third-order valence-corrected chi connectivity index (χ3v) is 6.73. The Morgan fingerprint density at radius 1 is 1.21 bits per heavy atom. The second kappa shape index (κ2) is 9.52. The van der Waals surface area contributed by atoms with E-state index in [2.05, 4.69) is 54.3 Å². The van der Waals surface area contributed by atoms with E-state index in [4.69, 9.17) is 4.74 Å². The van der Waals surface area contributed by atoms with E-state index in [1.165, 1.54) is 22.9 Å². The zero-order chi connectivity index (χ0) is 20.1. The minimum Gasteiger partial charge on any atom is -0.465 e. The van der Waals surface area contributed by atoms with Crippen LogP contribution in [0.15, 0.2) is 34.9 Å². The Labute approximate surface area is 174 Å². The highest BCUT2D eigenvalue weighted by molar-refractivity contribution is 8.00. The summed E-state index contributed by atoms with van der Waals surface area (Å²) in [7, 11) is 0. The van der Waals surface area contributed by atoms with E-state index in [1.54, 1.807) is 17.7 Å². The fourth-order valence-electron chi connectivity index (χ4n) is 2.92. The number of carbonyl (C=O) groups excluding carboxylic acids is 1. The van der Waals surface area contributed by atoms with Crippen LogP contribution in [0.2, 0.25) is 0 Å². The molecule has 0 fully saturated rings. The van der Waals surface area contributed by atoms with E-state index < -0.39 is 0 Å². The summed E-state index contributed by atoms with van der Waals surface area (Å²) in [6.45, 7) is 8.74. The first-order chi connectivity index (χ1) is 13.5. The second-order valence-electron chi connectivity index (χ2n) is 6.94. The number of fused-ring (bicyclic) bond motifs is 1. The maximum absolute atomic E-state index is 12.3. The number of rotatable bonds is 8. The predicted molar refractivity (Wildman–Crippen MR) is 118 cm³/mol. The number of aryl methyl sites for hydroxylation is 2. The summed E-state index contributed by atoms with van der Waals surface area (Å²) < 4.78 is 5.41. The highest BCUT2D eigenvalue weighted by Gasteiger charge is 2.21. The Kier molecular flexibility index (Phi) is 7.08. The molecule has 0 aliphatic rings. The second-order valence-corrected chi connectivity index (χ2v) is 9.13. The van der Waals surface area contributed by atoms with E-state index >= 15 is 0 Å². The average molecular weight is 415 g/mol. The summed E-state index contributed by atoms with van der Waals surface area (Å²) in [4.78, 5) is 22.2. The van der Waals surface area contributed by atoms with Gasteiger partial charge >= 0.3 is 5.97 Å². The van der Waals surface area contributed by atoms with Gasteiger partial charge in [-0.2, -0.15) is 0 Å². The van der Waals surface area contributed by atoms with Crippen LogP contribution in [0.4, 0.5) is 0 Å². The first kappa shape index (κ1) is 20.8. The molecule has 1 aromatic carbocycles. The quantitative estimate of drug-likeness (QED) is 0.190. The van der Waals surface area contributed by atoms with Crippen molar-refractivity contribution in [1.29, 1.82) is 0 Å². The van der Waals surface area contributed by atoms with Gasteiger partial charge in [0.2, 0.25) is 0 Å². The van der Waals surface area contributed by atoms with Gasteiger partial charge in [0.05, 0.1) is 12.0 Å². The zero-order valence-electron chi connectivity index (χ0n) is 16.8. The molecule has 0 radical (unpaired) electrons. The number of thioether (sulfide) groups is 1. The van der Waals surface area contributed by atoms with Crippen molar-refractivity contribution in [1.82, 2.24) is 9.97 Å². The first-order valence-electron chi connectivity index (χ1n) is 9.64. The number of thiophene rings is 1. The molecule has 1 atom stereocenters. The molecule has 0 aliphatic heterocycles. The largest absolute Gasteiger partial charge is 0.465 e. The highest BCUT2D eigenvalue weighted by Crippen LogP contribution is 2.39. The normalized spacial score (nSPS) is 12.3. The van der Waals surface area contributed by atoms with Crippen molar-refractivity contribution in [2.45, 2.75) is 57.2 Å². The van der Waals surface area contributed by atoms with Gasteiger partial charge in [0.25, 0.3) is 0 Å². The summed E-state index contributed by atoms with van der Waals surface area (Å²) in [5.41, 5.74) is 4.80. The zero-order valence-corrected chi connectivity index (χ0v) is 18.5. The molecular weight excluding hydrogens is 388 g/mol. The number of hydrogen-bond acceptors (Lipinski definition) is 6. The first-order valence-corrected chi connectivity index (χ1v) is 11.4. The van der Waals surface area contributed by atoms with Crippen LogP contribution in [-0.2, 0) is 9.53 Å². The van der Waals surface area contributed by atoms with E-state index in [-0.39, 0.29) is 11.2 Å². The fourth-order valence-corrected chi connectivity index (χ4v) is 4.83. The molecule has 0 saturated heterocycles. The topological polar surface area (TPSA) is 52.1 Å². The summed E-state index contributed by atoms with van der Waals surface area (Å²) in [6, 6.07) is 6.47. The van der Waals surface area contributed by atoms with E-state index in [9.17, 15) is 4.79 Å². The summed E-state index contributed by atoms with van der Waals surface area (Å²) in [5.74, 6) is -0.184. The molecule has 148 valence electrons. The number of esters is 1. The van der Waals surface area contributed by atoms with Gasteiger partial charge < -0.3 is 4.74 Å². The third kappa shape index (κ3) is 4.73. The molecule has 4 nitrogen and oxygen atoms in total. The number of ether oxygens (including phenoxy) is 1. The molecule has 2 aromatic heterocycles. The Morgan fingerprint density at radius 2 is 2.04 bits per heavy atom. The molecule has 6 heteroatoms. The van der Waals surface area contributed by atoms with Gasteiger partial charge in [0, 0.05) is 10.9 Å². The molecule has 0 bridgehead atoms. The van der Waals surface area contributed by atoms with E-state index in [1.807, 2.05) is 6.92 Å². The third-order valence-electron chi connectivity index (χ3n) is 4.77. The van der Waals surface area contributed by atoms with Crippen LogP contribution in [0.25, 0.3) is 21.3 Å². The van der Waals surface area contributed by atoms with Crippen LogP contribution < -0.4 is 0 Å². The predicted octanol–water partition coefficient (Wildman–Crippen LogP) is 6.19. The van der Waals surface area contributed by atoms with Gasteiger partial charge in [0.15, 0.2) is 0 Å².